The van der Waals surface area contributed by atoms with Crippen LogP contribution < -0.4 is 14.8 Å². The van der Waals surface area contributed by atoms with Gasteiger partial charge >= 0.3 is 0 Å². The minimum absolute atomic E-state index is 0. The molecule has 2 aliphatic rings. The Kier molecular flexibility index (Phi) is 5.91. The lowest BCUT2D eigenvalue weighted by Crippen LogP contribution is -2.35. The Morgan fingerprint density at radius 1 is 1.36 bits per heavy atom. The van der Waals surface area contributed by atoms with Gasteiger partial charge in [0.2, 0.25) is 12.7 Å². The number of hydrogen-bond acceptors (Lipinski definition) is 4. The molecule has 0 spiro atoms. The highest BCUT2D eigenvalue weighted by molar-refractivity contribution is 5.85. The Bertz CT molecular complexity index is 518. The summed E-state index contributed by atoms with van der Waals surface area (Å²) in [6.07, 6.45) is 2.87. The number of rotatable bonds is 5. The van der Waals surface area contributed by atoms with Crippen molar-refractivity contribution in [1.82, 2.24) is 10.2 Å². The molecule has 6 heteroatoms. The largest absolute Gasteiger partial charge is 0.454 e. The molecule has 0 bridgehead atoms. The maximum absolute atomic E-state index is 12.4. The van der Waals surface area contributed by atoms with Gasteiger partial charge in [-0.15, -0.1) is 12.4 Å². The molecule has 2 heterocycles. The molecule has 1 atom stereocenters. The van der Waals surface area contributed by atoms with Crippen molar-refractivity contribution in [3.8, 4) is 11.5 Å². The molecule has 1 unspecified atom stereocenters. The minimum Gasteiger partial charge on any atom is -0.454 e. The van der Waals surface area contributed by atoms with E-state index in [9.17, 15) is 4.79 Å². The van der Waals surface area contributed by atoms with Gasteiger partial charge in [0, 0.05) is 25.6 Å². The third kappa shape index (κ3) is 3.84. The third-order valence-electron chi connectivity index (χ3n) is 4.13. The van der Waals surface area contributed by atoms with E-state index in [4.69, 9.17) is 9.47 Å². The van der Waals surface area contributed by atoms with E-state index >= 15 is 0 Å². The van der Waals surface area contributed by atoms with E-state index in [1.807, 2.05) is 30.0 Å². The fourth-order valence-corrected chi connectivity index (χ4v) is 2.91. The number of halogens is 1. The molecule has 5 nitrogen and oxygen atoms in total. The van der Waals surface area contributed by atoms with Gasteiger partial charge in [0.05, 0.1) is 0 Å². The highest BCUT2D eigenvalue weighted by atomic mass is 35.5. The summed E-state index contributed by atoms with van der Waals surface area (Å²) in [7, 11) is 0. The quantitative estimate of drug-likeness (QED) is 0.902. The van der Waals surface area contributed by atoms with Gasteiger partial charge < -0.3 is 19.7 Å². The molecule has 1 N–H and O–H groups in total. The number of amides is 1. The van der Waals surface area contributed by atoms with Crippen molar-refractivity contribution >= 4 is 18.3 Å². The van der Waals surface area contributed by atoms with Gasteiger partial charge in [0.1, 0.15) is 0 Å². The Balaban J connectivity index is 0.00000176. The summed E-state index contributed by atoms with van der Waals surface area (Å²) in [6, 6.07) is 6.22. The van der Waals surface area contributed by atoms with Crippen molar-refractivity contribution in [2.75, 3.05) is 19.9 Å². The van der Waals surface area contributed by atoms with Crippen molar-refractivity contribution in [2.45, 2.75) is 38.8 Å². The topological polar surface area (TPSA) is 50.8 Å². The normalized spacial score (nSPS) is 18.9. The van der Waals surface area contributed by atoms with E-state index in [1.165, 1.54) is 6.42 Å². The van der Waals surface area contributed by atoms with Crippen LogP contribution >= 0.6 is 12.4 Å². The second-order valence-corrected chi connectivity index (χ2v) is 5.59. The molecule has 22 heavy (non-hydrogen) atoms. The van der Waals surface area contributed by atoms with Crippen molar-refractivity contribution < 1.29 is 14.3 Å². The van der Waals surface area contributed by atoms with Crippen LogP contribution in [0.15, 0.2) is 18.2 Å². The zero-order valence-electron chi connectivity index (χ0n) is 12.8. The van der Waals surface area contributed by atoms with E-state index in [0.717, 1.165) is 36.6 Å². The van der Waals surface area contributed by atoms with Crippen LogP contribution in [-0.4, -0.2) is 36.7 Å². The molecule has 2 aliphatic heterocycles. The van der Waals surface area contributed by atoms with E-state index in [1.54, 1.807) is 0 Å². The number of benzene rings is 1. The lowest BCUT2D eigenvalue weighted by atomic mass is 10.1. The highest BCUT2D eigenvalue weighted by Crippen LogP contribution is 2.32. The summed E-state index contributed by atoms with van der Waals surface area (Å²) >= 11 is 0. The molecule has 122 valence electrons. The first kappa shape index (κ1) is 16.9. The fourth-order valence-electron chi connectivity index (χ4n) is 2.91. The first-order chi connectivity index (χ1) is 10.3. The number of nitrogens with one attached hydrogen (secondary N) is 1. The van der Waals surface area contributed by atoms with Crippen LogP contribution in [0.3, 0.4) is 0 Å². The van der Waals surface area contributed by atoms with Crippen molar-refractivity contribution in [1.29, 1.82) is 0 Å². The Morgan fingerprint density at radius 3 is 2.91 bits per heavy atom. The maximum Gasteiger partial charge on any atom is 0.231 e. The molecule has 0 aliphatic carbocycles. The van der Waals surface area contributed by atoms with Gasteiger partial charge in [0.25, 0.3) is 0 Å². The van der Waals surface area contributed by atoms with Gasteiger partial charge in [-0.05, 0) is 44.0 Å². The molecule has 0 radical (unpaired) electrons. The van der Waals surface area contributed by atoms with Crippen LogP contribution in [0.4, 0.5) is 0 Å². The van der Waals surface area contributed by atoms with E-state index < -0.39 is 0 Å². The molecule has 1 aromatic carbocycles. The summed E-state index contributed by atoms with van der Waals surface area (Å²) in [5, 5.41) is 3.38. The summed E-state index contributed by atoms with van der Waals surface area (Å²) in [5.41, 5.74) is 1.08. The molecular weight excluding hydrogens is 304 g/mol. The van der Waals surface area contributed by atoms with Crippen molar-refractivity contribution in [2.24, 2.45) is 0 Å². The molecule has 1 saturated heterocycles. The van der Waals surface area contributed by atoms with E-state index in [2.05, 4.69) is 5.32 Å². The number of ether oxygens (including phenoxy) is 2. The zero-order valence-corrected chi connectivity index (χ0v) is 13.7. The second-order valence-electron chi connectivity index (χ2n) is 5.59. The molecule has 1 amide bonds. The summed E-state index contributed by atoms with van der Waals surface area (Å²) in [4.78, 5) is 14.3. The van der Waals surface area contributed by atoms with Gasteiger partial charge in [-0.2, -0.15) is 0 Å². The number of hydrogen-bond donors (Lipinski definition) is 1. The lowest BCUT2D eigenvalue weighted by molar-refractivity contribution is -0.132. The molecule has 1 fully saturated rings. The van der Waals surface area contributed by atoms with E-state index in [0.29, 0.717) is 19.0 Å². The first-order valence-electron chi connectivity index (χ1n) is 7.66. The molecule has 3 rings (SSSR count). The van der Waals surface area contributed by atoms with Gasteiger partial charge in [-0.3, -0.25) is 4.79 Å². The van der Waals surface area contributed by atoms with E-state index in [-0.39, 0.29) is 25.1 Å². The first-order valence-corrected chi connectivity index (χ1v) is 7.66. The molecule has 0 aromatic heterocycles. The average molecular weight is 327 g/mol. The minimum atomic E-state index is 0. The summed E-state index contributed by atoms with van der Waals surface area (Å²) in [6.45, 7) is 4.68. The van der Waals surface area contributed by atoms with Crippen LogP contribution in [0.1, 0.15) is 31.7 Å². The lowest BCUT2D eigenvalue weighted by Gasteiger charge is -2.23. The fraction of sp³-hybridized carbons (Fsp3) is 0.562. The van der Waals surface area contributed by atoms with Crippen LogP contribution in [0.2, 0.25) is 0 Å². The molecular formula is C16H23ClN2O3. The van der Waals surface area contributed by atoms with Crippen molar-refractivity contribution in [3.05, 3.63) is 23.8 Å². The predicted octanol–water partition coefficient (Wildman–Crippen LogP) is 2.33. The number of fused-ring (bicyclic) bond motifs is 1. The number of carbonyl (C=O) groups excluding carboxylic acids is 1. The third-order valence-corrected chi connectivity index (χ3v) is 4.13. The number of carbonyl (C=O) groups is 1. The monoisotopic (exact) mass is 326 g/mol. The summed E-state index contributed by atoms with van der Waals surface area (Å²) in [5.74, 6) is 1.77. The highest BCUT2D eigenvalue weighted by Gasteiger charge is 2.21. The SMILES string of the molecule is CCN(Cc1ccc2c(c1)OCO2)C(=O)CC1CCCN1.Cl. The molecule has 1 aromatic rings. The standard InChI is InChI=1S/C16H22N2O3.ClH/c1-2-18(16(19)9-13-4-3-7-17-13)10-12-5-6-14-15(8-12)21-11-20-14;/h5-6,8,13,17H,2-4,7,9-11H2,1H3;1H. The Morgan fingerprint density at radius 2 is 2.18 bits per heavy atom. The summed E-state index contributed by atoms with van der Waals surface area (Å²) < 4.78 is 10.7. The predicted molar refractivity (Wildman–Crippen MR) is 86.5 cm³/mol. The Hall–Kier alpha value is -1.46. The average Bonchev–Trinajstić information content (AvgIpc) is 3.14. The molecule has 0 saturated carbocycles. The second kappa shape index (κ2) is 7.70. The van der Waals surface area contributed by atoms with Crippen LogP contribution in [0.25, 0.3) is 0 Å². The van der Waals surface area contributed by atoms with Gasteiger partial charge in [-0.1, -0.05) is 6.07 Å². The van der Waals surface area contributed by atoms with Crippen LogP contribution in [0, 0.1) is 0 Å². The van der Waals surface area contributed by atoms with Gasteiger partial charge in [-0.25, -0.2) is 0 Å². The maximum atomic E-state index is 12.4. The Labute approximate surface area is 137 Å². The smallest absolute Gasteiger partial charge is 0.231 e. The van der Waals surface area contributed by atoms with Crippen LogP contribution in [0.5, 0.6) is 11.5 Å². The number of nitrogens with zero attached hydrogens (tertiary/aromatic N) is 1. The van der Waals surface area contributed by atoms with Crippen molar-refractivity contribution in [3.63, 3.8) is 0 Å². The zero-order chi connectivity index (χ0) is 14.7. The van der Waals surface area contributed by atoms with Gasteiger partial charge in [0.15, 0.2) is 11.5 Å². The van der Waals surface area contributed by atoms with Crippen LogP contribution in [-0.2, 0) is 11.3 Å².